The van der Waals surface area contributed by atoms with Gasteiger partial charge in [0.05, 0.1) is 4.90 Å². The van der Waals surface area contributed by atoms with Crippen molar-refractivity contribution in [2.45, 2.75) is 24.3 Å². The maximum atomic E-state index is 11.6. The van der Waals surface area contributed by atoms with Gasteiger partial charge in [-0.15, -0.1) is 0 Å². The first kappa shape index (κ1) is 17.9. The average molecular weight is 382 g/mol. The summed E-state index contributed by atoms with van der Waals surface area (Å²) in [5.41, 5.74) is 3.04. The molecule has 7 heteroatoms. The van der Waals surface area contributed by atoms with Crippen LogP contribution in [0, 0.1) is 0 Å². The van der Waals surface area contributed by atoms with E-state index in [0.29, 0.717) is 16.5 Å². The largest absolute Gasteiger partial charge is 0.299 e. The maximum absolute atomic E-state index is 11.6. The van der Waals surface area contributed by atoms with Gasteiger partial charge >= 0.3 is 0 Å². The van der Waals surface area contributed by atoms with E-state index in [1.165, 1.54) is 37.8 Å². The van der Waals surface area contributed by atoms with E-state index in [2.05, 4.69) is 32.2 Å². The normalized spacial score (nSPS) is 15.3. The molecule has 1 aliphatic heterocycles. The highest BCUT2D eigenvalue weighted by Gasteiger charge is 2.14. The fourth-order valence-electron chi connectivity index (χ4n) is 3.39. The first-order valence-corrected chi connectivity index (χ1v) is 10.9. The van der Waals surface area contributed by atoms with Crippen LogP contribution in [-0.4, -0.2) is 47.8 Å². The molecule has 1 saturated heterocycles. The van der Waals surface area contributed by atoms with Gasteiger partial charge in [0.1, 0.15) is 0 Å². The van der Waals surface area contributed by atoms with E-state index in [4.69, 9.17) is 0 Å². The van der Waals surface area contributed by atoms with Crippen molar-refractivity contribution in [3.8, 4) is 22.8 Å². The van der Waals surface area contributed by atoms with Crippen LogP contribution in [0.15, 0.2) is 53.4 Å². The third kappa shape index (κ3) is 4.09. The zero-order chi connectivity index (χ0) is 18.9. The first-order valence-electron chi connectivity index (χ1n) is 9.04. The summed E-state index contributed by atoms with van der Waals surface area (Å²) < 4.78 is 23.2. The van der Waals surface area contributed by atoms with E-state index in [1.54, 1.807) is 24.3 Å². The minimum Gasteiger partial charge on any atom is -0.299 e. The summed E-state index contributed by atoms with van der Waals surface area (Å²) in [5.74, 6) is 1.26. The second kappa shape index (κ2) is 7.25. The number of H-pyrrole nitrogens is 1. The third-order valence-corrected chi connectivity index (χ3v) is 5.96. The van der Waals surface area contributed by atoms with Crippen LogP contribution in [0.25, 0.3) is 22.8 Å². The third-order valence-electron chi connectivity index (χ3n) is 4.83. The fraction of sp³-hybridized carbons (Fsp3) is 0.300. The molecule has 0 aliphatic carbocycles. The highest BCUT2D eigenvalue weighted by Crippen LogP contribution is 2.23. The molecule has 2 aromatic carbocycles. The lowest BCUT2D eigenvalue weighted by atomic mass is 10.1. The van der Waals surface area contributed by atoms with Gasteiger partial charge in [-0.05, 0) is 61.8 Å². The molecule has 0 radical (unpaired) electrons. The SMILES string of the molecule is CS(=O)(=O)c1ccc(-c2nc(-c3cccc(CN4CCCC4)c3)n[nH]2)cc1. The molecule has 2 heterocycles. The van der Waals surface area contributed by atoms with Gasteiger partial charge in [0.15, 0.2) is 21.5 Å². The van der Waals surface area contributed by atoms with E-state index >= 15 is 0 Å². The number of hydrogen-bond acceptors (Lipinski definition) is 5. The number of rotatable bonds is 5. The smallest absolute Gasteiger partial charge is 0.181 e. The Bertz CT molecular complexity index is 1040. The zero-order valence-electron chi connectivity index (χ0n) is 15.2. The standard InChI is InChI=1S/C20H22N4O2S/c1-27(25,26)18-9-7-16(8-10-18)19-21-20(23-22-19)17-6-4-5-15(13-17)14-24-11-2-3-12-24/h4-10,13H,2-3,11-12,14H2,1H3,(H,21,22,23). The lowest BCUT2D eigenvalue weighted by Gasteiger charge is -2.14. The Hall–Kier alpha value is -2.51. The topological polar surface area (TPSA) is 79.0 Å². The number of likely N-dealkylation sites (tertiary alicyclic amines) is 1. The number of nitrogens with one attached hydrogen (secondary N) is 1. The highest BCUT2D eigenvalue weighted by molar-refractivity contribution is 7.90. The summed E-state index contributed by atoms with van der Waals surface area (Å²) in [6, 6.07) is 15.0. The highest BCUT2D eigenvalue weighted by atomic mass is 32.2. The summed E-state index contributed by atoms with van der Waals surface area (Å²) in [6.45, 7) is 3.29. The van der Waals surface area contributed by atoms with Gasteiger partial charge in [-0.2, -0.15) is 5.10 Å². The van der Waals surface area contributed by atoms with Gasteiger partial charge in [0.25, 0.3) is 0 Å². The monoisotopic (exact) mass is 382 g/mol. The number of benzene rings is 2. The predicted octanol–water partition coefficient (Wildman–Crippen LogP) is 3.14. The number of aromatic nitrogens is 3. The number of aromatic amines is 1. The van der Waals surface area contributed by atoms with Crippen LogP contribution < -0.4 is 0 Å². The van der Waals surface area contributed by atoms with Crippen LogP contribution >= 0.6 is 0 Å². The van der Waals surface area contributed by atoms with Crippen molar-refractivity contribution in [1.29, 1.82) is 0 Å². The second-order valence-corrected chi connectivity index (χ2v) is 9.00. The Morgan fingerprint density at radius 2 is 1.78 bits per heavy atom. The molecule has 0 spiro atoms. The average Bonchev–Trinajstić information content (AvgIpc) is 3.33. The Morgan fingerprint density at radius 3 is 2.48 bits per heavy atom. The van der Waals surface area contributed by atoms with Gasteiger partial charge in [0, 0.05) is 23.9 Å². The molecule has 0 saturated carbocycles. The number of hydrogen-bond donors (Lipinski definition) is 1. The molecule has 1 fully saturated rings. The van der Waals surface area contributed by atoms with Crippen molar-refractivity contribution >= 4 is 9.84 Å². The molecule has 4 rings (SSSR count). The lowest BCUT2D eigenvalue weighted by molar-refractivity contribution is 0.331. The van der Waals surface area contributed by atoms with Crippen molar-refractivity contribution in [3.63, 3.8) is 0 Å². The quantitative estimate of drug-likeness (QED) is 0.733. The van der Waals surface area contributed by atoms with Crippen LogP contribution in [-0.2, 0) is 16.4 Å². The molecule has 0 unspecified atom stereocenters. The molecular weight excluding hydrogens is 360 g/mol. The zero-order valence-corrected chi connectivity index (χ0v) is 16.0. The molecule has 27 heavy (non-hydrogen) atoms. The van der Waals surface area contributed by atoms with Gasteiger partial charge in [0.2, 0.25) is 0 Å². The van der Waals surface area contributed by atoms with Gasteiger partial charge < -0.3 is 0 Å². The van der Waals surface area contributed by atoms with Crippen LogP contribution in [0.1, 0.15) is 18.4 Å². The molecule has 140 valence electrons. The summed E-state index contributed by atoms with van der Waals surface area (Å²) in [7, 11) is -3.20. The number of nitrogens with zero attached hydrogens (tertiary/aromatic N) is 3. The van der Waals surface area contributed by atoms with Crippen LogP contribution in [0.5, 0.6) is 0 Å². The van der Waals surface area contributed by atoms with Crippen molar-refractivity contribution < 1.29 is 8.42 Å². The summed E-state index contributed by atoms with van der Waals surface area (Å²) in [5, 5.41) is 7.29. The van der Waals surface area contributed by atoms with Gasteiger partial charge in [-0.1, -0.05) is 18.2 Å². The predicted molar refractivity (Wildman–Crippen MR) is 105 cm³/mol. The molecule has 6 nitrogen and oxygen atoms in total. The minimum absolute atomic E-state index is 0.292. The van der Waals surface area contributed by atoms with Gasteiger partial charge in [-0.25, -0.2) is 13.4 Å². The van der Waals surface area contributed by atoms with E-state index in [0.717, 1.165) is 17.7 Å². The summed E-state index contributed by atoms with van der Waals surface area (Å²) in [4.78, 5) is 7.34. The second-order valence-electron chi connectivity index (χ2n) is 6.99. The van der Waals surface area contributed by atoms with Crippen LogP contribution in [0.4, 0.5) is 0 Å². The Labute approximate surface area is 159 Å². The number of sulfone groups is 1. The van der Waals surface area contributed by atoms with Gasteiger partial charge in [-0.3, -0.25) is 10.00 Å². The first-order chi connectivity index (χ1) is 13.0. The maximum Gasteiger partial charge on any atom is 0.181 e. The molecule has 1 aliphatic rings. The minimum atomic E-state index is -3.20. The van der Waals surface area contributed by atoms with Crippen LogP contribution in [0.3, 0.4) is 0 Å². The van der Waals surface area contributed by atoms with Crippen molar-refractivity contribution in [2.75, 3.05) is 19.3 Å². The molecule has 3 aromatic rings. The molecule has 0 amide bonds. The Balaban J connectivity index is 1.55. The van der Waals surface area contributed by atoms with E-state index in [9.17, 15) is 8.42 Å². The van der Waals surface area contributed by atoms with Crippen molar-refractivity contribution in [3.05, 3.63) is 54.1 Å². The molecule has 1 N–H and O–H groups in total. The van der Waals surface area contributed by atoms with Crippen LogP contribution in [0.2, 0.25) is 0 Å². The molecule has 0 bridgehead atoms. The van der Waals surface area contributed by atoms with E-state index in [1.807, 2.05) is 12.1 Å². The van der Waals surface area contributed by atoms with Crippen molar-refractivity contribution in [2.24, 2.45) is 0 Å². The molecular formula is C20H22N4O2S. The Morgan fingerprint density at radius 1 is 1.04 bits per heavy atom. The summed E-state index contributed by atoms with van der Waals surface area (Å²) in [6.07, 6.45) is 3.76. The summed E-state index contributed by atoms with van der Waals surface area (Å²) >= 11 is 0. The molecule has 1 aromatic heterocycles. The Kier molecular flexibility index (Phi) is 4.80. The van der Waals surface area contributed by atoms with E-state index < -0.39 is 9.84 Å². The van der Waals surface area contributed by atoms with E-state index in [-0.39, 0.29) is 0 Å². The van der Waals surface area contributed by atoms with Crippen molar-refractivity contribution in [1.82, 2.24) is 20.1 Å². The fourth-order valence-corrected chi connectivity index (χ4v) is 4.02. The molecule has 0 atom stereocenters. The lowest BCUT2D eigenvalue weighted by Crippen LogP contribution is -2.18.